The third kappa shape index (κ3) is 4.95. The Morgan fingerprint density at radius 2 is 2.08 bits per heavy atom. The molecule has 1 aromatic carbocycles. The van der Waals surface area contributed by atoms with Crippen LogP contribution in [0.25, 0.3) is 0 Å². The largest absolute Gasteiger partial charge is 0.496 e. The van der Waals surface area contributed by atoms with E-state index in [0.29, 0.717) is 32.8 Å². The van der Waals surface area contributed by atoms with Crippen LogP contribution in [-0.4, -0.2) is 63.2 Å². The van der Waals surface area contributed by atoms with Gasteiger partial charge in [-0.15, -0.1) is 0 Å². The molecule has 0 bridgehead atoms. The molecule has 0 aliphatic carbocycles. The first kappa shape index (κ1) is 20.2. The number of nitrogens with one attached hydrogen (secondary N) is 2. The fraction of sp³-hybridized carbons (Fsp3) is 0.579. The average Bonchev–Trinajstić information content (AvgIpc) is 2.62. The summed E-state index contributed by atoms with van der Waals surface area (Å²) in [4.78, 5) is 26.6. The quantitative estimate of drug-likeness (QED) is 0.667. The van der Waals surface area contributed by atoms with Gasteiger partial charge in [0.15, 0.2) is 0 Å². The van der Waals surface area contributed by atoms with E-state index < -0.39 is 6.04 Å². The summed E-state index contributed by atoms with van der Waals surface area (Å²) in [6, 6.07) is 3.52. The maximum Gasteiger partial charge on any atom is 0.237 e. The van der Waals surface area contributed by atoms with Crippen LogP contribution in [-0.2, 0) is 20.9 Å². The molecule has 1 fully saturated rings. The number of amides is 2. The van der Waals surface area contributed by atoms with Crippen molar-refractivity contribution in [3.8, 4) is 5.75 Å². The van der Waals surface area contributed by atoms with Crippen molar-refractivity contribution in [2.45, 2.75) is 32.9 Å². The van der Waals surface area contributed by atoms with E-state index in [2.05, 4.69) is 22.5 Å². The molecule has 2 amide bonds. The van der Waals surface area contributed by atoms with E-state index in [4.69, 9.17) is 9.47 Å². The second kappa shape index (κ2) is 9.54. The topological polar surface area (TPSA) is 79.9 Å². The minimum Gasteiger partial charge on any atom is -0.496 e. The Bertz CT molecular complexity index is 648. The van der Waals surface area contributed by atoms with E-state index in [1.807, 2.05) is 19.1 Å². The van der Waals surface area contributed by atoms with Crippen molar-refractivity contribution in [3.05, 3.63) is 28.8 Å². The van der Waals surface area contributed by atoms with Crippen molar-refractivity contribution in [2.75, 3.05) is 40.5 Å². The number of rotatable bonds is 8. The van der Waals surface area contributed by atoms with Gasteiger partial charge in [0, 0.05) is 33.3 Å². The summed E-state index contributed by atoms with van der Waals surface area (Å²) >= 11 is 0. The van der Waals surface area contributed by atoms with Crippen LogP contribution in [0.2, 0.25) is 0 Å². The molecule has 0 spiro atoms. The van der Waals surface area contributed by atoms with Gasteiger partial charge in [0.05, 0.1) is 26.2 Å². The van der Waals surface area contributed by atoms with Gasteiger partial charge < -0.3 is 20.1 Å². The minimum absolute atomic E-state index is 0.0963. The molecule has 0 aromatic heterocycles. The summed E-state index contributed by atoms with van der Waals surface area (Å²) in [6.45, 7) is 6.92. The number of ether oxygens (including phenoxy) is 2. The number of carbonyl (C=O) groups is 2. The molecule has 0 saturated carbocycles. The number of nitrogens with zero attached hydrogens (tertiary/aromatic N) is 1. The Balaban J connectivity index is 2.09. The molecule has 7 heteroatoms. The molecule has 7 nitrogen and oxygen atoms in total. The van der Waals surface area contributed by atoms with Crippen LogP contribution >= 0.6 is 0 Å². The summed E-state index contributed by atoms with van der Waals surface area (Å²) in [5, 5.41) is 5.64. The predicted molar refractivity (Wildman–Crippen MR) is 99.2 cm³/mol. The highest BCUT2D eigenvalue weighted by atomic mass is 16.5. The lowest BCUT2D eigenvalue weighted by Gasteiger charge is -2.35. The Morgan fingerprint density at radius 3 is 2.77 bits per heavy atom. The smallest absolute Gasteiger partial charge is 0.237 e. The normalized spacial score (nSPS) is 17.7. The maximum absolute atomic E-state index is 12.3. The van der Waals surface area contributed by atoms with E-state index in [1.54, 1.807) is 14.2 Å². The number of piperazine rings is 1. The molecule has 144 valence electrons. The molecule has 26 heavy (non-hydrogen) atoms. The van der Waals surface area contributed by atoms with E-state index in [0.717, 1.165) is 22.4 Å². The van der Waals surface area contributed by atoms with Gasteiger partial charge in [-0.2, -0.15) is 0 Å². The second-order valence-electron chi connectivity index (χ2n) is 6.50. The van der Waals surface area contributed by atoms with Crippen molar-refractivity contribution in [1.82, 2.24) is 15.5 Å². The van der Waals surface area contributed by atoms with Crippen molar-refractivity contribution in [1.29, 1.82) is 0 Å². The lowest BCUT2D eigenvalue weighted by atomic mass is 10.00. The van der Waals surface area contributed by atoms with Crippen molar-refractivity contribution in [2.24, 2.45) is 0 Å². The molecule has 1 heterocycles. The van der Waals surface area contributed by atoms with Gasteiger partial charge in [-0.3, -0.25) is 14.5 Å². The maximum atomic E-state index is 12.3. The first-order valence-electron chi connectivity index (χ1n) is 8.88. The highest BCUT2D eigenvalue weighted by Crippen LogP contribution is 2.25. The van der Waals surface area contributed by atoms with E-state index in [-0.39, 0.29) is 18.2 Å². The van der Waals surface area contributed by atoms with Crippen molar-refractivity contribution in [3.63, 3.8) is 0 Å². The number of hydrogen-bond donors (Lipinski definition) is 2. The monoisotopic (exact) mass is 363 g/mol. The van der Waals surface area contributed by atoms with Crippen molar-refractivity contribution >= 4 is 11.8 Å². The third-order valence-corrected chi connectivity index (χ3v) is 4.89. The Hall–Kier alpha value is -2.12. The van der Waals surface area contributed by atoms with Gasteiger partial charge in [0.25, 0.3) is 0 Å². The molecule has 2 N–H and O–H groups in total. The first-order chi connectivity index (χ1) is 12.5. The summed E-state index contributed by atoms with van der Waals surface area (Å²) in [5.74, 6) is 0.620. The standard InChI is InChI=1S/C19H29N3O4/c1-13-14(2)17(26-4)6-5-15(13)12-22-9-7-21-19(24)16(22)11-18(23)20-8-10-25-3/h5-6,16H,7-12H2,1-4H3,(H,20,23)(H,21,24). The van der Waals surface area contributed by atoms with E-state index >= 15 is 0 Å². The van der Waals surface area contributed by atoms with Crippen LogP contribution < -0.4 is 15.4 Å². The zero-order valence-electron chi connectivity index (χ0n) is 16.1. The molecular formula is C19H29N3O4. The highest BCUT2D eigenvalue weighted by Gasteiger charge is 2.31. The lowest BCUT2D eigenvalue weighted by molar-refractivity contribution is -0.134. The number of carbonyl (C=O) groups excluding carboxylic acids is 2. The molecule has 1 atom stereocenters. The fourth-order valence-electron chi connectivity index (χ4n) is 3.18. The summed E-state index contributed by atoms with van der Waals surface area (Å²) in [7, 11) is 3.25. The van der Waals surface area contributed by atoms with Gasteiger partial charge in [-0.1, -0.05) is 6.07 Å². The molecule has 1 unspecified atom stereocenters. The zero-order valence-corrected chi connectivity index (χ0v) is 16.1. The molecule has 1 aliphatic rings. The van der Waals surface area contributed by atoms with Gasteiger partial charge >= 0.3 is 0 Å². The Morgan fingerprint density at radius 1 is 1.31 bits per heavy atom. The zero-order chi connectivity index (χ0) is 19.1. The number of benzene rings is 1. The van der Waals surface area contributed by atoms with E-state index in [1.165, 1.54) is 0 Å². The first-order valence-corrected chi connectivity index (χ1v) is 8.88. The molecule has 1 aromatic rings. The highest BCUT2D eigenvalue weighted by molar-refractivity contribution is 5.88. The predicted octanol–water partition coefficient (Wildman–Crippen LogP) is 0.765. The van der Waals surface area contributed by atoms with Crippen LogP contribution in [0.1, 0.15) is 23.1 Å². The van der Waals surface area contributed by atoms with E-state index in [9.17, 15) is 9.59 Å². The Labute approximate surface area is 155 Å². The van der Waals surface area contributed by atoms with Crippen molar-refractivity contribution < 1.29 is 19.1 Å². The molecular weight excluding hydrogens is 334 g/mol. The molecule has 0 radical (unpaired) electrons. The third-order valence-electron chi connectivity index (χ3n) is 4.89. The summed E-state index contributed by atoms with van der Waals surface area (Å²) in [5.41, 5.74) is 3.39. The number of hydrogen-bond acceptors (Lipinski definition) is 5. The fourth-order valence-corrected chi connectivity index (χ4v) is 3.18. The van der Waals surface area contributed by atoms with Crippen LogP contribution in [0.15, 0.2) is 12.1 Å². The number of methoxy groups -OCH3 is 2. The van der Waals surface area contributed by atoms with Gasteiger partial charge in [-0.05, 0) is 36.6 Å². The van der Waals surface area contributed by atoms with Crippen LogP contribution in [0.5, 0.6) is 5.75 Å². The van der Waals surface area contributed by atoms with Gasteiger partial charge in [-0.25, -0.2) is 0 Å². The molecule has 2 rings (SSSR count). The lowest BCUT2D eigenvalue weighted by Crippen LogP contribution is -2.56. The SMILES string of the molecule is COCCNC(=O)CC1C(=O)NCCN1Cc1ccc(OC)c(C)c1C. The van der Waals surface area contributed by atoms with Crippen LogP contribution in [0.3, 0.4) is 0 Å². The summed E-state index contributed by atoms with van der Waals surface area (Å²) in [6.07, 6.45) is 0.143. The molecule has 1 saturated heterocycles. The molecule has 1 aliphatic heterocycles. The van der Waals surface area contributed by atoms with Gasteiger partial charge in [0.2, 0.25) is 11.8 Å². The Kier molecular flexibility index (Phi) is 7.41. The van der Waals surface area contributed by atoms with Crippen LogP contribution in [0, 0.1) is 13.8 Å². The van der Waals surface area contributed by atoms with Crippen LogP contribution in [0.4, 0.5) is 0 Å². The average molecular weight is 363 g/mol. The summed E-state index contributed by atoms with van der Waals surface area (Å²) < 4.78 is 10.3. The minimum atomic E-state index is -0.465. The van der Waals surface area contributed by atoms with Gasteiger partial charge in [0.1, 0.15) is 5.75 Å². The second-order valence-corrected chi connectivity index (χ2v) is 6.50.